The molecule has 8 rings (SSSR count). The van der Waals surface area contributed by atoms with Gasteiger partial charge in [-0.25, -0.2) is 0 Å². The van der Waals surface area contributed by atoms with Crippen LogP contribution in [0.3, 0.4) is 0 Å². The monoisotopic (exact) mass is 1020 g/mol. The van der Waals surface area contributed by atoms with Gasteiger partial charge in [0.2, 0.25) is 11.5 Å². The van der Waals surface area contributed by atoms with Gasteiger partial charge >= 0.3 is 11.6 Å². The first kappa shape index (κ1) is 49.5. The van der Waals surface area contributed by atoms with Gasteiger partial charge in [-0.1, -0.05) is 47.9 Å². The van der Waals surface area contributed by atoms with Crippen molar-refractivity contribution in [1.29, 1.82) is 0 Å². The van der Waals surface area contributed by atoms with Crippen molar-refractivity contribution in [2.24, 2.45) is 0 Å². The molecule has 2 unspecified atom stereocenters. The van der Waals surface area contributed by atoms with Crippen molar-refractivity contribution in [2.45, 2.75) is 127 Å². The number of aromatic hydroxyl groups is 1. The summed E-state index contributed by atoms with van der Waals surface area (Å²) in [5.41, 5.74) is 2.75. The van der Waals surface area contributed by atoms with E-state index in [1.165, 1.54) is 24.9 Å². The van der Waals surface area contributed by atoms with Gasteiger partial charge in [-0.05, 0) is 177 Å². The Bertz CT molecular complexity index is 2360. The van der Waals surface area contributed by atoms with Crippen LogP contribution in [0.4, 0.5) is 11.6 Å². The van der Waals surface area contributed by atoms with Gasteiger partial charge < -0.3 is 54.1 Å². The molecule has 344 valence electrons. The summed E-state index contributed by atoms with van der Waals surface area (Å²) in [5, 5.41) is 39.4. The number of halogens is 2. The predicted molar refractivity (Wildman–Crippen MR) is 247 cm³/mol. The van der Waals surface area contributed by atoms with Crippen LogP contribution in [0.1, 0.15) is 112 Å². The number of nitrogens with zero attached hydrogens (tertiary/aromatic N) is 4. The second kappa shape index (κ2) is 24.5. The quantitative estimate of drug-likeness (QED) is 0.0865. The minimum absolute atomic E-state index is 0.0487. The van der Waals surface area contributed by atoms with E-state index in [0.29, 0.717) is 8.95 Å². The number of aromatic nitrogens is 2. The number of aliphatic hydroxyl groups is 1. The molecule has 0 spiro atoms. The van der Waals surface area contributed by atoms with Gasteiger partial charge in [0.1, 0.15) is 17.8 Å². The van der Waals surface area contributed by atoms with E-state index >= 15 is 0 Å². The molecular formula is C48H52Br2N4O11. The Morgan fingerprint density at radius 3 is 1.66 bits per heavy atom. The predicted octanol–water partition coefficient (Wildman–Crippen LogP) is 10.4. The Morgan fingerprint density at radius 1 is 0.692 bits per heavy atom. The van der Waals surface area contributed by atoms with Crippen molar-refractivity contribution in [3.05, 3.63) is 124 Å². The highest BCUT2D eigenvalue weighted by molar-refractivity contribution is 9.10. The molecule has 2 saturated carbocycles. The molecule has 2 aromatic heterocycles. The normalized spacial score (nSPS) is 19.4. The first-order valence-electron chi connectivity index (χ1n) is 21.8. The average Bonchev–Trinajstić information content (AvgIpc) is 3.98. The topological polar surface area (TPSA) is 199 Å². The molecule has 2 saturated heterocycles. The summed E-state index contributed by atoms with van der Waals surface area (Å²) in [5.74, 6) is 12.1. The van der Waals surface area contributed by atoms with Crippen LogP contribution in [0.25, 0.3) is 0 Å². The van der Waals surface area contributed by atoms with E-state index in [-0.39, 0.29) is 43.0 Å². The van der Waals surface area contributed by atoms with E-state index < -0.39 is 27.0 Å². The van der Waals surface area contributed by atoms with Crippen LogP contribution in [0.2, 0.25) is 0 Å². The van der Waals surface area contributed by atoms with Crippen molar-refractivity contribution in [3.63, 3.8) is 0 Å². The third-order valence-electron chi connectivity index (χ3n) is 11.1. The fourth-order valence-corrected chi connectivity index (χ4v) is 8.42. The van der Waals surface area contributed by atoms with Crippen LogP contribution >= 0.6 is 31.9 Å². The average molecular weight is 1020 g/mol. The number of hydrogen-bond acceptors (Lipinski definition) is 13. The first-order chi connectivity index (χ1) is 31.4. The number of aliphatic hydroxyl groups excluding tert-OH is 1. The van der Waals surface area contributed by atoms with E-state index in [9.17, 15) is 25.3 Å². The van der Waals surface area contributed by atoms with E-state index in [0.717, 1.165) is 119 Å². The third kappa shape index (κ3) is 15.3. The van der Waals surface area contributed by atoms with Crippen molar-refractivity contribution >= 4 is 43.5 Å². The van der Waals surface area contributed by atoms with Crippen molar-refractivity contribution in [3.8, 4) is 35.2 Å². The molecule has 0 bridgehead atoms. The highest BCUT2D eigenvalue weighted by Gasteiger charge is 2.37. The molecule has 2 aliphatic carbocycles. The van der Waals surface area contributed by atoms with Crippen LogP contribution in [0.15, 0.2) is 82.0 Å². The lowest BCUT2D eigenvalue weighted by molar-refractivity contribution is -0.390. The fourth-order valence-electron chi connectivity index (χ4n) is 7.79. The van der Waals surface area contributed by atoms with Crippen molar-refractivity contribution < 1.29 is 43.7 Å². The molecule has 2 aliphatic heterocycles. The molecule has 2 atom stereocenters. The zero-order valence-electron chi connectivity index (χ0n) is 35.9. The Kier molecular flexibility index (Phi) is 18.7. The number of benzene rings is 2. The van der Waals surface area contributed by atoms with E-state index in [1.54, 1.807) is 6.07 Å². The van der Waals surface area contributed by atoms with Gasteiger partial charge in [-0.2, -0.15) is 0 Å². The molecule has 2 aromatic carbocycles. The summed E-state index contributed by atoms with van der Waals surface area (Å²) in [6.45, 7) is 1.77. The SMILES string of the molecule is O=[N+]([O-])c1ncc(Br)cc1O.O=[N+]([O-])c1ncc(Br)cc1OCc1cccc(C#CC2(OC3CCCCO3)CCCC2)c1.OCc1cccc(C#CC2(OC3CCCCO3)CCCC2)c1. The first-order valence-corrected chi connectivity index (χ1v) is 23.4. The summed E-state index contributed by atoms with van der Waals surface area (Å²) >= 11 is 6.27. The highest BCUT2D eigenvalue weighted by atomic mass is 79.9. The second-order valence-electron chi connectivity index (χ2n) is 16.1. The van der Waals surface area contributed by atoms with Crippen LogP contribution in [-0.2, 0) is 32.2 Å². The van der Waals surface area contributed by atoms with E-state index in [2.05, 4.69) is 65.5 Å². The van der Waals surface area contributed by atoms with E-state index in [4.69, 9.17) is 28.8 Å². The Balaban J connectivity index is 0.000000182. The zero-order chi connectivity index (χ0) is 46.1. The standard InChI is InChI=1S/C24H25BrN2O5.C19H24O3.C5H3BrN2O3/c25-20-15-21(23(26-16-20)27(28)29)31-17-19-7-5-6-18(14-19)9-12-24(10-2-3-11-24)32-22-8-1-4-13-30-22;20-15-17-7-5-6-16(14-17)9-12-19(10-2-3-11-19)22-18-8-1-4-13-21-18;6-3-1-4(9)5(7-2-3)8(10)11/h5-7,14-16,22H,1-4,8,10-11,13,17H2;5-7,14,18,20H,1-4,8,10-11,13,15H2;1-2,9H. The molecule has 0 radical (unpaired) electrons. The molecule has 17 heteroatoms. The lowest BCUT2D eigenvalue weighted by Crippen LogP contribution is -2.35. The number of ether oxygens (including phenoxy) is 5. The highest BCUT2D eigenvalue weighted by Crippen LogP contribution is 2.37. The maximum Gasteiger partial charge on any atom is 0.406 e. The smallest absolute Gasteiger partial charge is 0.406 e. The Labute approximate surface area is 395 Å². The van der Waals surface area contributed by atoms with Gasteiger partial charge in [0.15, 0.2) is 25.0 Å². The van der Waals surface area contributed by atoms with Crippen LogP contribution in [0, 0.1) is 43.9 Å². The molecule has 2 N–H and O–H groups in total. The number of rotatable bonds is 10. The van der Waals surface area contributed by atoms with Gasteiger partial charge in [0.05, 0.1) is 15.6 Å². The van der Waals surface area contributed by atoms with Crippen LogP contribution < -0.4 is 4.74 Å². The van der Waals surface area contributed by atoms with Gasteiger partial charge in [0, 0.05) is 36.5 Å². The van der Waals surface area contributed by atoms with Crippen molar-refractivity contribution in [1.82, 2.24) is 9.97 Å². The lowest BCUT2D eigenvalue weighted by atomic mass is 10.0. The number of hydrogen-bond donors (Lipinski definition) is 2. The second-order valence-corrected chi connectivity index (χ2v) is 17.9. The summed E-state index contributed by atoms with van der Waals surface area (Å²) in [4.78, 5) is 27.2. The largest absolute Gasteiger partial charge is 0.501 e. The summed E-state index contributed by atoms with van der Waals surface area (Å²) < 4.78 is 30.9. The van der Waals surface area contributed by atoms with Gasteiger partial charge in [-0.3, -0.25) is 0 Å². The van der Waals surface area contributed by atoms with Crippen LogP contribution in [0.5, 0.6) is 11.5 Å². The Hall–Kier alpha value is -4.98. The summed E-state index contributed by atoms with van der Waals surface area (Å²) in [6, 6.07) is 18.2. The molecule has 4 fully saturated rings. The lowest BCUT2D eigenvalue weighted by Gasteiger charge is -2.31. The fraction of sp³-hybridized carbons (Fsp3) is 0.458. The van der Waals surface area contributed by atoms with Gasteiger partial charge in [0.25, 0.3) is 0 Å². The number of nitro groups is 2. The minimum atomic E-state index is -0.748. The Morgan fingerprint density at radius 2 is 1.18 bits per heavy atom. The number of pyridine rings is 2. The molecule has 65 heavy (non-hydrogen) atoms. The maximum absolute atomic E-state index is 11.2. The van der Waals surface area contributed by atoms with E-state index in [1.807, 2.05) is 48.5 Å². The molecule has 0 amide bonds. The van der Waals surface area contributed by atoms with Crippen molar-refractivity contribution in [2.75, 3.05) is 13.2 Å². The third-order valence-corrected chi connectivity index (χ3v) is 11.9. The summed E-state index contributed by atoms with van der Waals surface area (Å²) in [6.07, 6.45) is 17.1. The maximum atomic E-state index is 11.2. The molecule has 15 nitrogen and oxygen atoms in total. The zero-order valence-corrected chi connectivity index (χ0v) is 39.1. The molecular weight excluding hydrogens is 968 g/mol. The molecule has 4 aromatic rings. The minimum Gasteiger partial charge on any atom is -0.501 e. The van der Waals surface area contributed by atoms with Crippen LogP contribution in [-0.4, -0.2) is 67.0 Å². The summed E-state index contributed by atoms with van der Waals surface area (Å²) in [7, 11) is 0. The molecule has 4 heterocycles. The molecule has 4 aliphatic rings. The van der Waals surface area contributed by atoms with Gasteiger partial charge in [-0.15, -0.1) is 0 Å².